The summed E-state index contributed by atoms with van der Waals surface area (Å²) in [4.78, 5) is 11.1. The summed E-state index contributed by atoms with van der Waals surface area (Å²) in [5.41, 5.74) is 0.805. The van der Waals surface area contributed by atoms with Crippen molar-refractivity contribution in [3.05, 3.63) is 11.9 Å². The predicted octanol–water partition coefficient (Wildman–Crippen LogP) is 0.372. The second-order valence-electron chi connectivity index (χ2n) is 4.95. The van der Waals surface area contributed by atoms with E-state index >= 15 is 0 Å². The maximum atomic E-state index is 11.1. The van der Waals surface area contributed by atoms with Gasteiger partial charge in [0.05, 0.1) is 45.3 Å². The van der Waals surface area contributed by atoms with Crippen LogP contribution in [0.3, 0.4) is 0 Å². The number of hydrogen-bond donors (Lipinski definition) is 1. The molecule has 0 radical (unpaired) electrons. The second-order valence-corrected chi connectivity index (χ2v) is 4.95. The Kier molecular flexibility index (Phi) is 9.36. The van der Waals surface area contributed by atoms with E-state index in [2.05, 4.69) is 15.6 Å². The minimum absolute atomic E-state index is 0.0689. The van der Waals surface area contributed by atoms with Crippen molar-refractivity contribution in [1.29, 1.82) is 0 Å². The first-order chi connectivity index (χ1) is 10.6. The molecule has 0 aliphatic heterocycles. The summed E-state index contributed by atoms with van der Waals surface area (Å²) >= 11 is 0. The molecule has 1 aromatic rings. The minimum Gasteiger partial charge on any atom is -0.377 e. The van der Waals surface area contributed by atoms with Gasteiger partial charge in [0.15, 0.2) is 0 Å². The van der Waals surface area contributed by atoms with Crippen molar-refractivity contribution >= 4 is 5.91 Å². The van der Waals surface area contributed by atoms with Gasteiger partial charge in [0.2, 0.25) is 5.91 Å². The van der Waals surface area contributed by atoms with Crippen LogP contribution in [0.15, 0.2) is 6.20 Å². The van der Waals surface area contributed by atoms with Crippen LogP contribution in [-0.2, 0) is 32.2 Å². The van der Waals surface area contributed by atoms with E-state index < -0.39 is 0 Å². The third-order valence-corrected chi connectivity index (χ3v) is 2.59. The van der Waals surface area contributed by atoms with Gasteiger partial charge in [-0.25, -0.2) is 4.68 Å². The normalized spacial score (nSPS) is 11.1. The highest BCUT2D eigenvalue weighted by atomic mass is 16.5. The Morgan fingerprint density at radius 3 is 2.82 bits per heavy atom. The van der Waals surface area contributed by atoms with Gasteiger partial charge < -0.3 is 19.5 Å². The van der Waals surface area contributed by atoms with E-state index in [0.29, 0.717) is 39.5 Å². The van der Waals surface area contributed by atoms with Gasteiger partial charge >= 0.3 is 0 Å². The van der Waals surface area contributed by atoms with Gasteiger partial charge in [-0.05, 0) is 20.8 Å². The molecular weight excluding hydrogens is 288 g/mol. The fourth-order valence-corrected chi connectivity index (χ4v) is 1.56. The molecule has 1 heterocycles. The first-order valence-corrected chi connectivity index (χ1v) is 7.54. The topological polar surface area (TPSA) is 87.5 Å². The van der Waals surface area contributed by atoms with Crippen molar-refractivity contribution in [2.24, 2.45) is 0 Å². The summed E-state index contributed by atoms with van der Waals surface area (Å²) in [5, 5.41) is 10.7. The molecular formula is C14H26N4O4. The number of ether oxygens (including phenoxy) is 3. The lowest BCUT2D eigenvalue weighted by Crippen LogP contribution is -2.27. The Morgan fingerprint density at radius 1 is 1.32 bits per heavy atom. The van der Waals surface area contributed by atoms with Crippen LogP contribution in [0, 0.1) is 0 Å². The molecule has 1 aromatic heterocycles. The smallest absolute Gasteiger partial charge is 0.245 e. The van der Waals surface area contributed by atoms with E-state index in [0.717, 1.165) is 5.69 Å². The molecule has 8 nitrogen and oxygen atoms in total. The second kappa shape index (κ2) is 11.1. The lowest BCUT2D eigenvalue weighted by molar-refractivity contribution is -0.126. The van der Waals surface area contributed by atoms with Crippen LogP contribution in [0.2, 0.25) is 0 Å². The SMILES string of the molecule is CCNC(=O)COCCOCCn1cc(COC(C)C)nn1. The number of aromatic nitrogens is 3. The van der Waals surface area contributed by atoms with Gasteiger partial charge in [-0.2, -0.15) is 0 Å². The summed E-state index contributed by atoms with van der Waals surface area (Å²) in [6, 6.07) is 0. The largest absolute Gasteiger partial charge is 0.377 e. The average Bonchev–Trinajstić information content (AvgIpc) is 2.92. The maximum absolute atomic E-state index is 11.1. The van der Waals surface area contributed by atoms with E-state index in [4.69, 9.17) is 14.2 Å². The Morgan fingerprint density at radius 2 is 2.09 bits per heavy atom. The molecule has 1 rings (SSSR count). The van der Waals surface area contributed by atoms with Crippen LogP contribution in [0.1, 0.15) is 26.5 Å². The number of nitrogens with zero attached hydrogens (tertiary/aromatic N) is 3. The molecule has 1 N–H and O–H groups in total. The molecule has 0 aliphatic carbocycles. The minimum atomic E-state index is -0.110. The molecule has 0 saturated heterocycles. The summed E-state index contributed by atoms with van der Waals surface area (Å²) in [5.74, 6) is -0.110. The van der Waals surface area contributed by atoms with Crippen molar-refractivity contribution in [2.45, 2.75) is 40.0 Å². The van der Waals surface area contributed by atoms with E-state index in [-0.39, 0.29) is 18.6 Å². The summed E-state index contributed by atoms with van der Waals surface area (Å²) in [6.07, 6.45) is 2.02. The fraction of sp³-hybridized carbons (Fsp3) is 0.786. The monoisotopic (exact) mass is 314 g/mol. The number of amides is 1. The number of likely N-dealkylation sites (N-methyl/N-ethyl adjacent to an activating group) is 1. The van der Waals surface area contributed by atoms with Gasteiger partial charge in [0, 0.05) is 6.54 Å². The van der Waals surface area contributed by atoms with Crippen molar-refractivity contribution in [3.8, 4) is 0 Å². The maximum Gasteiger partial charge on any atom is 0.245 e. The zero-order chi connectivity index (χ0) is 16.2. The summed E-state index contributed by atoms with van der Waals surface area (Å²) < 4.78 is 17.7. The number of hydrogen-bond acceptors (Lipinski definition) is 6. The average molecular weight is 314 g/mol. The Hall–Kier alpha value is -1.51. The van der Waals surface area contributed by atoms with Crippen molar-refractivity contribution in [1.82, 2.24) is 20.3 Å². The Bertz CT molecular complexity index is 423. The number of carbonyl (C=O) groups excluding carboxylic acids is 1. The molecule has 22 heavy (non-hydrogen) atoms. The lowest BCUT2D eigenvalue weighted by atomic mass is 10.4. The first kappa shape index (κ1) is 18.5. The third kappa shape index (κ3) is 8.71. The molecule has 0 fully saturated rings. The fourth-order valence-electron chi connectivity index (χ4n) is 1.56. The number of rotatable bonds is 12. The molecule has 0 atom stereocenters. The molecule has 0 bridgehead atoms. The molecule has 0 spiro atoms. The summed E-state index contributed by atoms with van der Waals surface area (Å²) in [7, 11) is 0. The highest BCUT2D eigenvalue weighted by Gasteiger charge is 2.03. The molecule has 1 amide bonds. The molecule has 0 aromatic carbocycles. The first-order valence-electron chi connectivity index (χ1n) is 7.54. The lowest BCUT2D eigenvalue weighted by Gasteiger charge is -2.06. The van der Waals surface area contributed by atoms with E-state index in [1.807, 2.05) is 27.0 Å². The van der Waals surface area contributed by atoms with Crippen LogP contribution in [0.4, 0.5) is 0 Å². The molecule has 0 unspecified atom stereocenters. The van der Waals surface area contributed by atoms with Crippen molar-refractivity contribution in [3.63, 3.8) is 0 Å². The molecule has 126 valence electrons. The van der Waals surface area contributed by atoms with Gasteiger partial charge in [-0.3, -0.25) is 4.79 Å². The Labute approximate surface area is 131 Å². The van der Waals surface area contributed by atoms with E-state index in [9.17, 15) is 4.79 Å². The third-order valence-electron chi connectivity index (χ3n) is 2.59. The Balaban J connectivity index is 2.01. The van der Waals surface area contributed by atoms with Crippen molar-refractivity contribution in [2.75, 3.05) is 33.0 Å². The van der Waals surface area contributed by atoms with Gasteiger partial charge in [-0.1, -0.05) is 5.21 Å². The molecule has 0 aliphatic rings. The molecule has 8 heteroatoms. The quantitative estimate of drug-likeness (QED) is 0.561. The predicted molar refractivity (Wildman–Crippen MR) is 80.3 cm³/mol. The summed E-state index contributed by atoms with van der Waals surface area (Å²) in [6.45, 7) is 8.93. The number of nitrogens with one attached hydrogen (secondary N) is 1. The molecule has 0 saturated carbocycles. The van der Waals surface area contributed by atoms with Crippen LogP contribution in [-0.4, -0.2) is 60.0 Å². The number of carbonyl (C=O) groups is 1. The van der Waals surface area contributed by atoms with Crippen LogP contribution in [0.5, 0.6) is 0 Å². The highest BCUT2D eigenvalue weighted by molar-refractivity contribution is 5.77. The zero-order valence-electron chi connectivity index (χ0n) is 13.6. The van der Waals surface area contributed by atoms with Gasteiger partial charge in [-0.15, -0.1) is 5.10 Å². The van der Waals surface area contributed by atoms with E-state index in [1.165, 1.54) is 0 Å². The highest BCUT2D eigenvalue weighted by Crippen LogP contribution is 1.99. The van der Waals surface area contributed by atoms with Crippen LogP contribution < -0.4 is 5.32 Å². The van der Waals surface area contributed by atoms with E-state index in [1.54, 1.807) is 4.68 Å². The van der Waals surface area contributed by atoms with Crippen LogP contribution >= 0.6 is 0 Å². The standard InChI is InChI=1S/C14H26N4O4/c1-4-15-14(19)11-21-8-7-20-6-5-18-9-13(16-17-18)10-22-12(2)3/h9,12H,4-8,10-11H2,1-3H3,(H,15,19). The van der Waals surface area contributed by atoms with Gasteiger partial charge in [0.25, 0.3) is 0 Å². The van der Waals surface area contributed by atoms with Gasteiger partial charge in [0.1, 0.15) is 12.3 Å². The zero-order valence-corrected chi connectivity index (χ0v) is 13.6. The van der Waals surface area contributed by atoms with Crippen molar-refractivity contribution < 1.29 is 19.0 Å². The van der Waals surface area contributed by atoms with Crippen LogP contribution in [0.25, 0.3) is 0 Å².